The Labute approximate surface area is 136 Å². The topological polar surface area (TPSA) is 54.5 Å². The molecule has 2 rings (SSSR count). The first-order chi connectivity index (χ1) is 8.56. The van der Waals surface area contributed by atoms with Crippen LogP contribution in [0.3, 0.4) is 0 Å². The standard InChI is InChI=1S/C13H22N4S.HI/c1-9-4-6-17(7-5-9)13(14)15-8-12-10(2)18-11(3)16-12;/h9H,4-8H2,1-3H3,(H2,14,15);1H. The normalized spacial score (nSPS) is 17.4. The Kier molecular flexibility index (Phi) is 6.52. The molecule has 0 unspecified atom stereocenters. The van der Waals surface area contributed by atoms with Crippen molar-refractivity contribution in [3.8, 4) is 0 Å². The summed E-state index contributed by atoms with van der Waals surface area (Å²) in [4.78, 5) is 12.4. The summed E-state index contributed by atoms with van der Waals surface area (Å²) in [6, 6.07) is 0. The third kappa shape index (κ3) is 4.59. The molecule has 0 bridgehead atoms. The number of likely N-dealkylation sites (tertiary alicyclic amines) is 1. The molecule has 2 heterocycles. The first-order valence-corrected chi connectivity index (χ1v) is 7.35. The molecule has 1 aromatic rings. The van der Waals surface area contributed by atoms with E-state index < -0.39 is 0 Å². The second-order valence-corrected chi connectivity index (χ2v) is 6.49. The Balaban J connectivity index is 0.00000180. The molecule has 2 N–H and O–H groups in total. The summed E-state index contributed by atoms with van der Waals surface area (Å²) in [7, 11) is 0. The number of aromatic nitrogens is 1. The number of halogens is 1. The van der Waals surface area contributed by atoms with Crippen molar-refractivity contribution in [2.45, 2.75) is 40.2 Å². The highest BCUT2D eigenvalue weighted by Gasteiger charge is 2.17. The number of nitrogens with two attached hydrogens (primary N) is 1. The molecule has 0 amide bonds. The summed E-state index contributed by atoms with van der Waals surface area (Å²) in [6.45, 7) is 9.09. The van der Waals surface area contributed by atoms with Crippen LogP contribution in [0.5, 0.6) is 0 Å². The maximum atomic E-state index is 6.05. The van der Waals surface area contributed by atoms with Gasteiger partial charge in [0.1, 0.15) is 0 Å². The van der Waals surface area contributed by atoms with Crippen LogP contribution in [0.25, 0.3) is 0 Å². The van der Waals surface area contributed by atoms with Gasteiger partial charge in [0, 0.05) is 18.0 Å². The van der Waals surface area contributed by atoms with E-state index in [0.29, 0.717) is 12.5 Å². The van der Waals surface area contributed by atoms with E-state index in [0.717, 1.165) is 29.7 Å². The molecule has 0 aromatic carbocycles. The van der Waals surface area contributed by atoms with Crippen LogP contribution in [0.15, 0.2) is 4.99 Å². The molecule has 1 aliphatic heterocycles. The van der Waals surface area contributed by atoms with Crippen LogP contribution in [-0.2, 0) is 6.54 Å². The maximum Gasteiger partial charge on any atom is 0.191 e. The molecule has 1 aromatic heterocycles. The van der Waals surface area contributed by atoms with E-state index in [1.54, 1.807) is 11.3 Å². The fourth-order valence-corrected chi connectivity index (χ4v) is 3.04. The molecule has 0 radical (unpaired) electrons. The van der Waals surface area contributed by atoms with Gasteiger partial charge in [0.2, 0.25) is 0 Å². The lowest BCUT2D eigenvalue weighted by molar-refractivity contribution is 0.277. The number of thiazole rings is 1. The minimum absolute atomic E-state index is 0. The molecule has 0 aliphatic carbocycles. The summed E-state index contributed by atoms with van der Waals surface area (Å²) >= 11 is 1.72. The van der Waals surface area contributed by atoms with Crippen LogP contribution in [0, 0.1) is 19.8 Å². The predicted octanol–water partition coefficient (Wildman–Crippen LogP) is 2.92. The van der Waals surface area contributed by atoms with Crippen molar-refractivity contribution < 1.29 is 0 Å². The predicted molar refractivity (Wildman–Crippen MR) is 92.3 cm³/mol. The molecular formula is C13H23IN4S. The van der Waals surface area contributed by atoms with Gasteiger partial charge in [-0.05, 0) is 32.6 Å². The van der Waals surface area contributed by atoms with Gasteiger partial charge in [-0.25, -0.2) is 9.98 Å². The van der Waals surface area contributed by atoms with E-state index in [1.807, 2.05) is 6.92 Å². The van der Waals surface area contributed by atoms with Crippen LogP contribution >= 0.6 is 35.3 Å². The van der Waals surface area contributed by atoms with Crippen molar-refractivity contribution in [2.75, 3.05) is 13.1 Å². The van der Waals surface area contributed by atoms with Crippen molar-refractivity contribution in [3.05, 3.63) is 15.6 Å². The highest BCUT2D eigenvalue weighted by molar-refractivity contribution is 14.0. The number of rotatable bonds is 2. The summed E-state index contributed by atoms with van der Waals surface area (Å²) in [6.07, 6.45) is 2.43. The van der Waals surface area contributed by atoms with Crippen molar-refractivity contribution >= 4 is 41.3 Å². The van der Waals surface area contributed by atoms with E-state index in [2.05, 4.69) is 28.7 Å². The van der Waals surface area contributed by atoms with E-state index in [-0.39, 0.29) is 24.0 Å². The summed E-state index contributed by atoms with van der Waals surface area (Å²) in [5, 5.41) is 1.10. The number of guanidine groups is 1. The Morgan fingerprint density at radius 1 is 1.42 bits per heavy atom. The van der Waals surface area contributed by atoms with Crippen LogP contribution in [0.2, 0.25) is 0 Å². The Morgan fingerprint density at radius 3 is 2.58 bits per heavy atom. The zero-order chi connectivity index (χ0) is 13.1. The lowest BCUT2D eigenvalue weighted by Crippen LogP contribution is -2.42. The fourth-order valence-electron chi connectivity index (χ4n) is 2.21. The van der Waals surface area contributed by atoms with Crippen molar-refractivity contribution in [2.24, 2.45) is 16.6 Å². The van der Waals surface area contributed by atoms with Gasteiger partial charge in [-0.1, -0.05) is 6.92 Å². The van der Waals surface area contributed by atoms with Gasteiger partial charge in [0.25, 0.3) is 0 Å². The molecule has 0 spiro atoms. The molecule has 0 atom stereocenters. The van der Waals surface area contributed by atoms with Crippen LogP contribution in [0.4, 0.5) is 0 Å². The van der Waals surface area contributed by atoms with Gasteiger partial charge in [-0.15, -0.1) is 35.3 Å². The molecule has 6 heteroatoms. The minimum Gasteiger partial charge on any atom is -0.370 e. The Hall–Kier alpha value is -0.370. The zero-order valence-electron chi connectivity index (χ0n) is 11.8. The molecule has 0 saturated carbocycles. The van der Waals surface area contributed by atoms with Gasteiger partial charge in [0.05, 0.1) is 17.2 Å². The number of piperidine rings is 1. The number of aliphatic imine (C=N–C) groups is 1. The number of hydrogen-bond acceptors (Lipinski definition) is 3. The molecule has 1 aliphatic rings. The third-order valence-corrected chi connectivity index (χ3v) is 4.43. The fraction of sp³-hybridized carbons (Fsp3) is 0.692. The number of nitrogens with zero attached hydrogens (tertiary/aromatic N) is 3. The second kappa shape index (κ2) is 7.42. The lowest BCUT2D eigenvalue weighted by atomic mass is 10.00. The minimum atomic E-state index is 0. The summed E-state index contributed by atoms with van der Waals surface area (Å²) in [5.41, 5.74) is 7.11. The molecule has 19 heavy (non-hydrogen) atoms. The van der Waals surface area contributed by atoms with Gasteiger partial charge < -0.3 is 10.6 Å². The largest absolute Gasteiger partial charge is 0.370 e. The smallest absolute Gasteiger partial charge is 0.191 e. The van der Waals surface area contributed by atoms with Crippen molar-refractivity contribution in [3.63, 3.8) is 0 Å². The van der Waals surface area contributed by atoms with Crippen LogP contribution < -0.4 is 5.73 Å². The second-order valence-electron chi connectivity index (χ2n) is 5.08. The van der Waals surface area contributed by atoms with E-state index in [1.165, 1.54) is 17.7 Å². The van der Waals surface area contributed by atoms with Crippen LogP contribution in [-0.4, -0.2) is 28.9 Å². The highest BCUT2D eigenvalue weighted by Crippen LogP contribution is 2.18. The molecule has 4 nitrogen and oxygen atoms in total. The number of hydrogen-bond donors (Lipinski definition) is 1. The SMILES string of the molecule is Cc1nc(CN=C(N)N2CCC(C)CC2)c(C)s1.I. The lowest BCUT2D eigenvalue weighted by Gasteiger charge is -2.30. The molecular weight excluding hydrogens is 371 g/mol. The first-order valence-electron chi connectivity index (χ1n) is 6.54. The van der Waals surface area contributed by atoms with Gasteiger partial charge in [0.15, 0.2) is 5.96 Å². The molecule has 1 saturated heterocycles. The summed E-state index contributed by atoms with van der Waals surface area (Å²) in [5.74, 6) is 1.49. The quantitative estimate of drug-likeness (QED) is 0.477. The molecule has 1 fully saturated rings. The van der Waals surface area contributed by atoms with Crippen molar-refractivity contribution in [1.29, 1.82) is 0 Å². The maximum absolute atomic E-state index is 6.05. The van der Waals surface area contributed by atoms with Gasteiger partial charge >= 0.3 is 0 Å². The average Bonchev–Trinajstić information content (AvgIpc) is 2.66. The van der Waals surface area contributed by atoms with Crippen LogP contribution in [0.1, 0.15) is 35.3 Å². The van der Waals surface area contributed by atoms with Gasteiger partial charge in [-0.2, -0.15) is 0 Å². The monoisotopic (exact) mass is 394 g/mol. The van der Waals surface area contributed by atoms with Gasteiger partial charge in [-0.3, -0.25) is 0 Å². The Bertz CT molecular complexity index is 436. The molecule has 108 valence electrons. The van der Waals surface area contributed by atoms with E-state index in [4.69, 9.17) is 5.73 Å². The van der Waals surface area contributed by atoms with E-state index in [9.17, 15) is 0 Å². The van der Waals surface area contributed by atoms with Crippen molar-refractivity contribution in [1.82, 2.24) is 9.88 Å². The first kappa shape index (κ1) is 16.7. The third-order valence-electron chi connectivity index (χ3n) is 3.50. The zero-order valence-corrected chi connectivity index (χ0v) is 15.0. The van der Waals surface area contributed by atoms with E-state index >= 15 is 0 Å². The average molecular weight is 394 g/mol. The number of aryl methyl sites for hydroxylation is 2. The Morgan fingerprint density at radius 2 is 2.05 bits per heavy atom. The highest BCUT2D eigenvalue weighted by atomic mass is 127. The summed E-state index contributed by atoms with van der Waals surface area (Å²) < 4.78 is 0.